The quantitative estimate of drug-likeness (QED) is 0.375. The van der Waals surface area contributed by atoms with E-state index in [-0.39, 0.29) is 10.9 Å². The first-order chi connectivity index (χ1) is 10.7. The summed E-state index contributed by atoms with van der Waals surface area (Å²) in [5, 5.41) is 0. The van der Waals surface area contributed by atoms with E-state index < -0.39 is 18.4 Å². The van der Waals surface area contributed by atoms with E-state index in [1.165, 1.54) is 58.3 Å². The van der Waals surface area contributed by atoms with Gasteiger partial charge in [-0.3, -0.25) is 0 Å². The van der Waals surface area contributed by atoms with Gasteiger partial charge in [-0.25, -0.2) is 0 Å². The summed E-state index contributed by atoms with van der Waals surface area (Å²) in [6.45, 7) is 7.65. The van der Waals surface area contributed by atoms with Crippen LogP contribution in [0.25, 0.3) is 0 Å². The molecule has 1 rings (SSSR count). The molecule has 0 radical (unpaired) electrons. The molecule has 0 aromatic rings. The van der Waals surface area contributed by atoms with Crippen molar-refractivity contribution in [3.05, 3.63) is 0 Å². The van der Waals surface area contributed by atoms with Crippen molar-refractivity contribution in [1.29, 1.82) is 0 Å². The van der Waals surface area contributed by atoms with Crippen LogP contribution in [-0.4, -0.2) is 35.9 Å². The molecule has 0 aromatic heterocycles. The van der Waals surface area contributed by atoms with Gasteiger partial charge in [0.25, 0.3) is 0 Å². The van der Waals surface area contributed by atoms with Crippen LogP contribution in [0.3, 0.4) is 0 Å². The van der Waals surface area contributed by atoms with Crippen molar-refractivity contribution >= 4 is 18.4 Å². The van der Waals surface area contributed by atoms with Crippen molar-refractivity contribution in [2.75, 3.05) is 11.2 Å². The Morgan fingerprint density at radius 3 is 2.00 bits per heavy atom. The van der Waals surface area contributed by atoms with Crippen molar-refractivity contribution in [2.45, 2.75) is 98.2 Å². The van der Waals surface area contributed by atoms with E-state index >= 15 is 0 Å². The number of unbranched alkanes of at least 4 members (excludes halogenated alkanes) is 3. The van der Waals surface area contributed by atoms with Crippen molar-refractivity contribution in [3.63, 3.8) is 0 Å². The van der Waals surface area contributed by atoms with Crippen LogP contribution in [-0.2, 0) is 9.47 Å². The summed E-state index contributed by atoms with van der Waals surface area (Å²) >= 11 is -2.56. The molecule has 0 amide bonds. The molecule has 0 aromatic carbocycles. The SMILES string of the molecule is [2H][C@@H](OC1CCCCO1)[Sn]([CH2]CCC)([CH2]CCC)[CH2]CCC. The fraction of sp³-hybridized carbons (Fsp3) is 1.00. The standard InChI is InChI=1S/C6H11O2.3C4H9.Sn/c1-7-6-4-2-3-5-8-6;3*1-3-4-2;/h6H,1-5H2;3*1,3-4H2,2H3;/i1D;;;;. The van der Waals surface area contributed by atoms with E-state index in [4.69, 9.17) is 10.8 Å². The van der Waals surface area contributed by atoms with Crippen LogP contribution in [0.5, 0.6) is 0 Å². The Hall–Kier alpha value is 0.719. The average Bonchev–Trinajstić information content (AvgIpc) is 2.55. The van der Waals surface area contributed by atoms with Crippen molar-refractivity contribution < 1.29 is 10.8 Å². The van der Waals surface area contributed by atoms with Crippen LogP contribution in [0.15, 0.2) is 0 Å². The fourth-order valence-corrected chi connectivity index (χ4v) is 16.6. The third-order valence-corrected chi connectivity index (χ3v) is 18.1. The predicted molar refractivity (Wildman–Crippen MR) is 94.4 cm³/mol. The monoisotopic (exact) mass is 407 g/mol. The van der Waals surface area contributed by atoms with Gasteiger partial charge in [0.1, 0.15) is 0 Å². The number of ether oxygens (including phenoxy) is 2. The van der Waals surface area contributed by atoms with Crippen LogP contribution in [0.2, 0.25) is 13.3 Å². The molecule has 0 N–H and O–H groups in total. The molecule has 1 aliphatic heterocycles. The Labute approximate surface area is 138 Å². The van der Waals surface area contributed by atoms with E-state index in [9.17, 15) is 0 Å². The molecule has 1 saturated heterocycles. The Bertz CT molecular complexity index is 248. The summed E-state index contributed by atoms with van der Waals surface area (Å²) < 4.78 is 24.6. The Balaban J connectivity index is 2.72. The van der Waals surface area contributed by atoms with Crippen LogP contribution < -0.4 is 0 Å². The third-order valence-electron chi connectivity index (χ3n) is 4.69. The number of hydrogen-bond acceptors (Lipinski definition) is 2. The molecule has 1 aliphatic rings. The summed E-state index contributed by atoms with van der Waals surface area (Å²) in [7, 11) is 0. The molecule has 0 saturated carbocycles. The van der Waals surface area contributed by atoms with Gasteiger partial charge < -0.3 is 0 Å². The van der Waals surface area contributed by atoms with Crippen LogP contribution in [0.4, 0.5) is 0 Å². The molecule has 21 heavy (non-hydrogen) atoms. The molecular formula is C18H38O2Sn. The summed E-state index contributed by atoms with van der Waals surface area (Å²) in [6, 6.07) is 0. The van der Waals surface area contributed by atoms with Gasteiger partial charge in [-0.05, 0) is 0 Å². The molecule has 0 spiro atoms. The van der Waals surface area contributed by atoms with Gasteiger partial charge in [0, 0.05) is 0 Å². The number of rotatable bonds is 12. The van der Waals surface area contributed by atoms with Crippen LogP contribution in [0, 0.1) is 0 Å². The third kappa shape index (κ3) is 8.22. The average molecular weight is 406 g/mol. The molecule has 0 bridgehead atoms. The van der Waals surface area contributed by atoms with Crippen LogP contribution >= 0.6 is 0 Å². The summed E-state index contributed by atoms with van der Waals surface area (Å²) in [4.78, 5) is 0. The molecule has 1 unspecified atom stereocenters. The van der Waals surface area contributed by atoms with E-state index in [0.717, 1.165) is 19.4 Å². The second-order valence-corrected chi connectivity index (χ2v) is 19.5. The topological polar surface area (TPSA) is 18.5 Å². The number of hydrogen-bond donors (Lipinski definition) is 0. The first kappa shape index (κ1) is 18.1. The minimum absolute atomic E-state index is 0.0859. The zero-order valence-corrected chi connectivity index (χ0v) is 17.5. The van der Waals surface area contributed by atoms with Crippen molar-refractivity contribution in [2.24, 2.45) is 0 Å². The molecule has 0 aliphatic carbocycles. The first-order valence-corrected chi connectivity index (χ1v) is 17.1. The summed E-state index contributed by atoms with van der Waals surface area (Å²) in [5.41, 5.74) is 0. The Kier molecular flexibility index (Phi) is 10.5. The van der Waals surface area contributed by atoms with Crippen molar-refractivity contribution in [1.82, 2.24) is 0 Å². The zero-order chi connectivity index (χ0) is 16.3. The molecule has 2 atom stereocenters. The zero-order valence-electron chi connectivity index (χ0n) is 15.7. The van der Waals surface area contributed by atoms with E-state index in [0.29, 0.717) is 0 Å². The molecule has 2 nitrogen and oxygen atoms in total. The Morgan fingerprint density at radius 1 is 1.00 bits per heavy atom. The summed E-state index contributed by atoms with van der Waals surface area (Å²) in [6.07, 6.45) is 10.9. The van der Waals surface area contributed by atoms with E-state index in [2.05, 4.69) is 20.8 Å². The van der Waals surface area contributed by atoms with Gasteiger partial charge in [0.15, 0.2) is 0 Å². The molecule has 126 valence electrons. The van der Waals surface area contributed by atoms with E-state index in [1.807, 2.05) is 0 Å². The van der Waals surface area contributed by atoms with Gasteiger partial charge >= 0.3 is 139 Å². The molecule has 1 heterocycles. The van der Waals surface area contributed by atoms with Gasteiger partial charge in [0.2, 0.25) is 0 Å². The van der Waals surface area contributed by atoms with Gasteiger partial charge in [-0.2, -0.15) is 0 Å². The molecule has 1 fully saturated rings. The van der Waals surface area contributed by atoms with Crippen LogP contribution in [0.1, 0.15) is 79.9 Å². The molecule has 3 heteroatoms. The maximum atomic E-state index is 8.84. The van der Waals surface area contributed by atoms with Crippen molar-refractivity contribution in [3.8, 4) is 0 Å². The van der Waals surface area contributed by atoms with E-state index in [1.54, 1.807) is 0 Å². The Morgan fingerprint density at radius 2 is 1.57 bits per heavy atom. The van der Waals surface area contributed by atoms with Gasteiger partial charge in [-0.1, -0.05) is 0 Å². The second-order valence-electron chi connectivity index (χ2n) is 6.72. The second kappa shape index (κ2) is 12.2. The minimum atomic E-state index is -2.56. The predicted octanol–water partition coefficient (Wildman–Crippen LogP) is 5.92. The summed E-state index contributed by atoms with van der Waals surface area (Å²) in [5.74, 6) is 0. The van der Waals surface area contributed by atoms with Gasteiger partial charge in [0.05, 0.1) is 0 Å². The molecular weight excluding hydrogens is 367 g/mol. The first-order valence-electron chi connectivity index (χ1n) is 9.95. The maximum absolute atomic E-state index is 8.84. The fourth-order valence-electron chi connectivity index (χ4n) is 3.18. The van der Waals surface area contributed by atoms with Gasteiger partial charge in [-0.15, -0.1) is 0 Å². The normalized spacial score (nSPS) is 22.0.